The minimum absolute atomic E-state index is 0.0145. The largest absolute Gasteiger partial charge is 0.385 e. The van der Waals surface area contributed by atoms with Gasteiger partial charge in [-0.15, -0.1) is 11.8 Å². The number of hydrogen-bond acceptors (Lipinski definition) is 4. The van der Waals surface area contributed by atoms with Crippen molar-refractivity contribution in [2.24, 2.45) is 5.92 Å². The van der Waals surface area contributed by atoms with Crippen LogP contribution in [0.1, 0.15) is 31.2 Å². The van der Waals surface area contributed by atoms with Crippen LogP contribution < -0.4 is 10.6 Å². The van der Waals surface area contributed by atoms with E-state index in [1.807, 2.05) is 36.4 Å². The number of methoxy groups -OCH3 is 1. The predicted octanol–water partition coefficient (Wildman–Crippen LogP) is 2.58. The molecule has 1 aromatic rings. The molecule has 0 aromatic heterocycles. The van der Waals surface area contributed by atoms with E-state index in [0.29, 0.717) is 18.4 Å². The van der Waals surface area contributed by atoms with Gasteiger partial charge in [0.15, 0.2) is 0 Å². The number of thioether (sulfide) groups is 1. The van der Waals surface area contributed by atoms with Crippen LogP contribution in [0.15, 0.2) is 35.2 Å². The Labute approximate surface area is 158 Å². The Balaban J connectivity index is 1.55. The van der Waals surface area contributed by atoms with Gasteiger partial charge in [-0.25, -0.2) is 0 Å². The van der Waals surface area contributed by atoms with Crippen LogP contribution in [0, 0.1) is 5.92 Å². The molecule has 6 heteroatoms. The van der Waals surface area contributed by atoms with Crippen LogP contribution in [-0.4, -0.2) is 43.4 Å². The fraction of sp³-hybridized carbons (Fsp3) is 0.500. The summed E-state index contributed by atoms with van der Waals surface area (Å²) in [5.74, 6) is 0.0602. The molecule has 0 bridgehead atoms. The van der Waals surface area contributed by atoms with E-state index in [1.165, 1.54) is 0 Å². The predicted molar refractivity (Wildman–Crippen MR) is 105 cm³/mol. The van der Waals surface area contributed by atoms with Crippen LogP contribution in [0.4, 0.5) is 0 Å². The van der Waals surface area contributed by atoms with E-state index in [1.54, 1.807) is 18.9 Å². The van der Waals surface area contributed by atoms with E-state index in [9.17, 15) is 9.59 Å². The highest BCUT2D eigenvalue weighted by Crippen LogP contribution is 2.39. The number of fused-ring (bicyclic) bond motifs is 1. The van der Waals surface area contributed by atoms with Gasteiger partial charge in [0.25, 0.3) is 5.91 Å². The van der Waals surface area contributed by atoms with Crippen molar-refractivity contribution in [1.29, 1.82) is 0 Å². The molecule has 2 N–H and O–H groups in total. The Kier molecular flexibility index (Phi) is 6.74. The highest BCUT2D eigenvalue weighted by Gasteiger charge is 2.39. The first-order valence-corrected chi connectivity index (χ1v) is 10.1. The number of ether oxygens (including phenoxy) is 1. The molecule has 2 aliphatic rings. The SMILES string of the molecule is COCCCNC(=O)C1CCC2S/C(=C\c3ccccc3)C(=O)NC2C1. The number of benzene rings is 1. The lowest BCUT2D eigenvalue weighted by Crippen LogP contribution is -2.51. The molecule has 2 fully saturated rings. The highest BCUT2D eigenvalue weighted by molar-refractivity contribution is 8.04. The summed E-state index contributed by atoms with van der Waals surface area (Å²) < 4.78 is 5.00. The summed E-state index contributed by atoms with van der Waals surface area (Å²) >= 11 is 1.66. The van der Waals surface area contributed by atoms with Crippen LogP contribution in [0.3, 0.4) is 0 Å². The Hall–Kier alpha value is -1.79. The highest BCUT2D eigenvalue weighted by atomic mass is 32.2. The molecule has 3 rings (SSSR count). The van der Waals surface area contributed by atoms with E-state index < -0.39 is 0 Å². The van der Waals surface area contributed by atoms with Crippen molar-refractivity contribution in [3.8, 4) is 0 Å². The third-order valence-corrected chi connectivity index (χ3v) is 6.32. The second-order valence-electron chi connectivity index (χ2n) is 6.80. The Morgan fingerprint density at radius 1 is 1.35 bits per heavy atom. The zero-order valence-electron chi connectivity index (χ0n) is 15.1. The van der Waals surface area contributed by atoms with Crippen LogP contribution in [0.25, 0.3) is 6.08 Å². The topological polar surface area (TPSA) is 67.4 Å². The number of nitrogens with one attached hydrogen (secondary N) is 2. The summed E-state index contributed by atoms with van der Waals surface area (Å²) in [5, 5.41) is 6.45. The average Bonchev–Trinajstić information content (AvgIpc) is 2.66. The molecule has 1 aliphatic heterocycles. The summed E-state index contributed by atoms with van der Waals surface area (Å²) in [6, 6.07) is 9.97. The lowest BCUT2D eigenvalue weighted by molar-refractivity contribution is -0.127. The van der Waals surface area contributed by atoms with Gasteiger partial charge in [0.05, 0.1) is 4.91 Å². The molecule has 1 saturated heterocycles. The lowest BCUT2D eigenvalue weighted by atomic mass is 9.84. The van der Waals surface area contributed by atoms with Gasteiger partial charge in [-0.2, -0.15) is 0 Å². The Morgan fingerprint density at radius 3 is 2.92 bits per heavy atom. The van der Waals surface area contributed by atoms with Gasteiger partial charge in [-0.05, 0) is 37.3 Å². The normalized spacial score (nSPS) is 26.9. The van der Waals surface area contributed by atoms with Crippen LogP contribution in [-0.2, 0) is 14.3 Å². The van der Waals surface area contributed by atoms with Crippen molar-refractivity contribution in [3.05, 3.63) is 40.8 Å². The fourth-order valence-electron chi connectivity index (χ4n) is 3.50. The van der Waals surface area contributed by atoms with Crippen LogP contribution in [0.5, 0.6) is 0 Å². The van der Waals surface area contributed by atoms with Gasteiger partial charge in [-0.1, -0.05) is 30.3 Å². The molecule has 26 heavy (non-hydrogen) atoms. The van der Waals surface area contributed by atoms with Crippen molar-refractivity contribution in [2.75, 3.05) is 20.3 Å². The summed E-state index contributed by atoms with van der Waals surface area (Å²) in [7, 11) is 1.66. The molecule has 3 unspecified atom stereocenters. The van der Waals surface area contributed by atoms with Crippen molar-refractivity contribution in [3.63, 3.8) is 0 Å². The smallest absolute Gasteiger partial charge is 0.257 e. The molecule has 3 atom stereocenters. The van der Waals surface area contributed by atoms with E-state index >= 15 is 0 Å². The molecule has 1 aromatic carbocycles. The van der Waals surface area contributed by atoms with E-state index in [2.05, 4.69) is 10.6 Å². The third kappa shape index (κ3) is 4.89. The second kappa shape index (κ2) is 9.24. The summed E-state index contributed by atoms with van der Waals surface area (Å²) in [4.78, 5) is 25.6. The maximum atomic E-state index is 12.5. The minimum Gasteiger partial charge on any atom is -0.385 e. The number of carbonyl (C=O) groups is 2. The first-order chi connectivity index (χ1) is 12.7. The maximum absolute atomic E-state index is 12.5. The van der Waals surface area contributed by atoms with E-state index in [4.69, 9.17) is 4.74 Å². The zero-order chi connectivity index (χ0) is 18.4. The minimum atomic E-state index is -0.0266. The van der Waals surface area contributed by atoms with Crippen molar-refractivity contribution in [2.45, 2.75) is 37.0 Å². The van der Waals surface area contributed by atoms with Crippen molar-refractivity contribution >= 4 is 29.7 Å². The number of rotatable bonds is 6. The first kappa shape index (κ1) is 19.0. The molecular formula is C20H26N2O3S. The first-order valence-electron chi connectivity index (χ1n) is 9.18. The van der Waals surface area contributed by atoms with Crippen LogP contribution in [0.2, 0.25) is 0 Å². The van der Waals surface area contributed by atoms with Gasteiger partial charge in [0.1, 0.15) is 0 Å². The summed E-state index contributed by atoms with van der Waals surface area (Å²) in [6.45, 7) is 1.29. The monoisotopic (exact) mass is 374 g/mol. The molecule has 0 radical (unpaired) electrons. The van der Waals surface area contributed by atoms with E-state index in [-0.39, 0.29) is 23.8 Å². The third-order valence-electron chi connectivity index (χ3n) is 4.90. The second-order valence-corrected chi connectivity index (χ2v) is 8.08. The lowest BCUT2D eigenvalue weighted by Gasteiger charge is -2.39. The van der Waals surface area contributed by atoms with Gasteiger partial charge >= 0.3 is 0 Å². The Bertz CT molecular complexity index is 662. The fourth-order valence-corrected chi connectivity index (χ4v) is 4.80. The molecule has 1 aliphatic carbocycles. The molecule has 5 nitrogen and oxygen atoms in total. The maximum Gasteiger partial charge on any atom is 0.257 e. The number of hydrogen-bond donors (Lipinski definition) is 2. The van der Waals surface area contributed by atoms with Crippen molar-refractivity contribution in [1.82, 2.24) is 10.6 Å². The molecule has 1 heterocycles. The summed E-state index contributed by atoms with van der Waals surface area (Å²) in [5.41, 5.74) is 1.03. The molecular weight excluding hydrogens is 348 g/mol. The van der Waals surface area contributed by atoms with Crippen LogP contribution >= 0.6 is 11.8 Å². The van der Waals surface area contributed by atoms with Gasteiger partial charge in [0.2, 0.25) is 5.91 Å². The molecule has 2 amide bonds. The zero-order valence-corrected chi connectivity index (χ0v) is 15.9. The summed E-state index contributed by atoms with van der Waals surface area (Å²) in [6.07, 6.45) is 5.31. The Morgan fingerprint density at radius 2 is 2.15 bits per heavy atom. The van der Waals surface area contributed by atoms with Crippen molar-refractivity contribution < 1.29 is 14.3 Å². The standard InChI is InChI=1S/C20H26N2O3S/c1-25-11-5-10-21-19(23)15-8-9-17-16(13-15)22-20(24)18(26-17)12-14-6-3-2-4-7-14/h2-4,6-7,12,15-17H,5,8-11,13H2,1H3,(H,21,23)(H,22,24)/b18-12-. The quantitative estimate of drug-likeness (QED) is 0.593. The van der Waals surface area contributed by atoms with Gasteiger partial charge in [0, 0.05) is 37.5 Å². The average molecular weight is 375 g/mol. The van der Waals surface area contributed by atoms with Gasteiger partial charge in [-0.3, -0.25) is 9.59 Å². The molecule has 0 spiro atoms. The molecule has 140 valence electrons. The van der Waals surface area contributed by atoms with E-state index in [0.717, 1.165) is 36.2 Å². The van der Waals surface area contributed by atoms with Gasteiger partial charge < -0.3 is 15.4 Å². The number of amides is 2. The molecule has 1 saturated carbocycles. The number of carbonyl (C=O) groups excluding carboxylic acids is 2.